The zero-order valence-electron chi connectivity index (χ0n) is 9.53. The Morgan fingerprint density at radius 2 is 0.929 bits per heavy atom. The van der Waals surface area contributed by atoms with Crippen LogP contribution in [0.15, 0.2) is 0 Å². The normalized spacial score (nSPS) is 4.71. The molecule has 0 radical (unpaired) electrons. The van der Waals surface area contributed by atoms with E-state index in [1.54, 1.807) is 0 Å². The van der Waals surface area contributed by atoms with Crippen LogP contribution in [0.25, 0.3) is 0 Å². The monoisotopic (exact) mass is 288 g/mol. The summed E-state index contributed by atoms with van der Waals surface area (Å²) in [5, 5.41) is 21.0. The zero-order valence-corrected chi connectivity index (χ0v) is 12.0. The van der Waals surface area contributed by atoms with Crippen molar-refractivity contribution in [3.05, 3.63) is 13.8 Å². The van der Waals surface area contributed by atoms with Gasteiger partial charge in [0.15, 0.2) is 0 Å². The Labute approximate surface area is 108 Å². The molecule has 14 heavy (non-hydrogen) atoms. The van der Waals surface area contributed by atoms with Crippen molar-refractivity contribution < 1.29 is 41.5 Å². The number of nitrogens with two attached hydrogens (primary N) is 2. The maximum Gasteiger partial charge on any atom is 2.00 e. The summed E-state index contributed by atoms with van der Waals surface area (Å²) in [5.41, 5.74) is 9.70. The van der Waals surface area contributed by atoms with Gasteiger partial charge in [-0.25, -0.2) is 0 Å². The molecule has 0 heterocycles. The second-order valence-electron chi connectivity index (χ2n) is 0.931. The van der Waals surface area contributed by atoms with Crippen molar-refractivity contribution in [2.75, 3.05) is 34.4 Å². The average Bonchev–Trinajstić information content (AvgIpc) is 2.27. The SMILES string of the molecule is CO.CO.CO.[CH2-]CCN.[CH2-]CN.[Zr+2]. The van der Waals surface area contributed by atoms with Crippen molar-refractivity contribution >= 4 is 0 Å². The number of aliphatic hydroxyl groups is 3. The number of hydrogen-bond donors (Lipinski definition) is 5. The molecule has 90 valence electrons. The van der Waals surface area contributed by atoms with Crippen LogP contribution in [-0.2, 0) is 26.2 Å². The Hall–Kier alpha value is 0.683. The molecule has 0 aliphatic carbocycles. The van der Waals surface area contributed by atoms with E-state index in [-0.39, 0.29) is 26.2 Å². The van der Waals surface area contributed by atoms with Crippen LogP contribution < -0.4 is 11.5 Å². The first-order chi connectivity index (χ1) is 6.33. The van der Waals surface area contributed by atoms with E-state index in [4.69, 9.17) is 26.8 Å². The molecule has 0 aliphatic heterocycles. The van der Waals surface area contributed by atoms with Crippen LogP contribution in [0.1, 0.15) is 6.42 Å². The van der Waals surface area contributed by atoms with E-state index in [1.807, 2.05) is 0 Å². The van der Waals surface area contributed by atoms with Gasteiger partial charge in [-0.05, 0) is 6.54 Å². The van der Waals surface area contributed by atoms with Crippen molar-refractivity contribution in [2.45, 2.75) is 6.42 Å². The molecule has 0 amide bonds. The van der Waals surface area contributed by atoms with Gasteiger partial charge in [-0.15, -0.1) is 6.54 Å². The van der Waals surface area contributed by atoms with Crippen molar-refractivity contribution in [3.63, 3.8) is 0 Å². The molecule has 0 saturated heterocycles. The summed E-state index contributed by atoms with van der Waals surface area (Å²) < 4.78 is 0. The van der Waals surface area contributed by atoms with Crippen LogP contribution in [0.4, 0.5) is 0 Å². The van der Waals surface area contributed by atoms with E-state index in [9.17, 15) is 0 Å². The Morgan fingerprint density at radius 1 is 0.857 bits per heavy atom. The fourth-order valence-electron chi connectivity index (χ4n) is 0. The van der Waals surface area contributed by atoms with Gasteiger partial charge in [0.05, 0.1) is 0 Å². The summed E-state index contributed by atoms with van der Waals surface area (Å²) in [6.07, 6.45) is 0.847. The topological polar surface area (TPSA) is 113 Å². The third kappa shape index (κ3) is 611. The molecule has 0 unspecified atom stereocenters. The van der Waals surface area contributed by atoms with Crippen molar-refractivity contribution in [1.29, 1.82) is 0 Å². The number of rotatable bonds is 1. The smallest absolute Gasteiger partial charge is 0.400 e. The summed E-state index contributed by atoms with van der Waals surface area (Å²) in [4.78, 5) is 0. The molecule has 0 spiro atoms. The fraction of sp³-hybridized carbons (Fsp3) is 0.750. The minimum atomic E-state index is 0. The van der Waals surface area contributed by atoms with Crippen LogP contribution in [0.5, 0.6) is 0 Å². The van der Waals surface area contributed by atoms with Gasteiger partial charge in [0, 0.05) is 21.3 Å². The Morgan fingerprint density at radius 3 is 0.929 bits per heavy atom. The van der Waals surface area contributed by atoms with Gasteiger partial charge in [0.2, 0.25) is 0 Å². The molecule has 0 bridgehead atoms. The second kappa shape index (κ2) is 162. The largest absolute Gasteiger partial charge is 2.00 e. The molecule has 0 atom stereocenters. The molecule has 0 fully saturated rings. The van der Waals surface area contributed by atoms with Gasteiger partial charge >= 0.3 is 26.2 Å². The quantitative estimate of drug-likeness (QED) is 0.388. The first kappa shape index (κ1) is 36.5. The van der Waals surface area contributed by atoms with Gasteiger partial charge in [0.25, 0.3) is 0 Å². The maximum absolute atomic E-state index is 7.00. The molecule has 0 saturated carbocycles. The zero-order chi connectivity index (χ0) is 12.1. The minimum Gasteiger partial charge on any atom is -0.400 e. The predicted molar refractivity (Wildman–Crippen MR) is 57.9 cm³/mol. The Kier molecular flexibility index (Phi) is 423. The van der Waals surface area contributed by atoms with E-state index in [0.29, 0.717) is 13.1 Å². The Balaban J connectivity index is -0.0000000146. The van der Waals surface area contributed by atoms with Gasteiger partial charge in [-0.1, -0.05) is 0 Å². The van der Waals surface area contributed by atoms with Gasteiger partial charge in [-0.3, -0.25) is 0 Å². The molecular weight excluding hydrogens is 263 g/mol. The van der Waals surface area contributed by atoms with Crippen molar-refractivity contribution in [2.24, 2.45) is 11.5 Å². The summed E-state index contributed by atoms with van der Waals surface area (Å²) in [6.45, 7) is 7.95. The van der Waals surface area contributed by atoms with E-state index in [0.717, 1.165) is 27.8 Å². The standard InChI is InChI=1S/C3H8N.C2H6N.3CH4O.Zr/c1-2-3-4;1-2-3;3*1-2;/h1-4H2;1-3H2;3*2H,1H3;/q2*-1;;;;+2. The first-order valence-corrected chi connectivity index (χ1v) is 3.66. The molecule has 5 nitrogen and oxygen atoms in total. The minimum absolute atomic E-state index is 0. The maximum atomic E-state index is 7.00. The Bertz CT molecular complexity index is 30.1. The molecule has 0 aromatic rings. The van der Waals surface area contributed by atoms with Crippen LogP contribution in [0, 0.1) is 13.8 Å². The van der Waals surface area contributed by atoms with Crippen LogP contribution >= 0.6 is 0 Å². The van der Waals surface area contributed by atoms with Crippen molar-refractivity contribution in [1.82, 2.24) is 0 Å². The molecule has 0 aromatic heterocycles. The molecular formula is C8H26N2O3Zr. The van der Waals surface area contributed by atoms with E-state index >= 15 is 0 Å². The second-order valence-corrected chi connectivity index (χ2v) is 0.931. The van der Waals surface area contributed by atoms with E-state index < -0.39 is 0 Å². The van der Waals surface area contributed by atoms with Crippen LogP contribution in [0.3, 0.4) is 0 Å². The molecule has 0 aromatic carbocycles. The fourth-order valence-corrected chi connectivity index (χ4v) is 0. The predicted octanol–water partition coefficient (Wildman–Crippen LogP) is -1.23. The summed E-state index contributed by atoms with van der Waals surface area (Å²) >= 11 is 0. The molecule has 0 rings (SSSR count). The van der Waals surface area contributed by atoms with Gasteiger partial charge in [0.1, 0.15) is 0 Å². The third-order valence-electron chi connectivity index (χ3n) is 0.204. The van der Waals surface area contributed by atoms with Crippen LogP contribution in [0.2, 0.25) is 0 Å². The molecule has 0 aliphatic rings. The molecule has 6 heteroatoms. The first-order valence-electron chi connectivity index (χ1n) is 3.66. The van der Waals surface area contributed by atoms with Gasteiger partial charge < -0.3 is 40.6 Å². The van der Waals surface area contributed by atoms with E-state index in [2.05, 4.69) is 13.8 Å². The summed E-state index contributed by atoms with van der Waals surface area (Å²) in [6, 6.07) is 0. The third-order valence-corrected chi connectivity index (χ3v) is 0.204. The number of aliphatic hydroxyl groups excluding tert-OH is 3. The summed E-state index contributed by atoms with van der Waals surface area (Å²) in [7, 11) is 3.00. The number of hydrogen-bond acceptors (Lipinski definition) is 5. The summed E-state index contributed by atoms with van der Waals surface area (Å²) in [5.74, 6) is 0. The average molecular weight is 290 g/mol. The van der Waals surface area contributed by atoms with Gasteiger partial charge in [-0.2, -0.15) is 6.42 Å². The van der Waals surface area contributed by atoms with Crippen LogP contribution in [-0.4, -0.2) is 49.7 Å². The van der Waals surface area contributed by atoms with E-state index in [1.165, 1.54) is 0 Å². The molecule has 7 N–H and O–H groups in total. The van der Waals surface area contributed by atoms with Crippen molar-refractivity contribution in [3.8, 4) is 0 Å².